The predicted molar refractivity (Wildman–Crippen MR) is 184 cm³/mol. The van der Waals surface area contributed by atoms with Crippen LogP contribution in [-0.4, -0.2) is 90.8 Å². The SMILES string of the molecule is CC(=O)N1C(C)(C)N=C(SCCC(C)NCCCCCCNC(C)CCSC2=NC(C)(C)N(C(C)=O)C2(C)C)C1(C)C. The summed E-state index contributed by atoms with van der Waals surface area (Å²) >= 11 is 3.59. The molecular weight excluding hydrogens is 565 g/mol. The molecule has 42 heavy (non-hydrogen) atoms. The van der Waals surface area contributed by atoms with Crippen LogP contribution in [0.2, 0.25) is 0 Å². The molecule has 0 bridgehead atoms. The molecule has 2 N–H and O–H groups in total. The molecule has 0 aromatic rings. The number of amides is 2. The Morgan fingerprint density at radius 3 is 1.29 bits per heavy atom. The van der Waals surface area contributed by atoms with Gasteiger partial charge in [-0.3, -0.25) is 19.6 Å². The van der Waals surface area contributed by atoms with Gasteiger partial charge >= 0.3 is 0 Å². The third-order valence-electron chi connectivity index (χ3n) is 8.31. The summed E-state index contributed by atoms with van der Waals surface area (Å²) in [7, 11) is 0. The monoisotopic (exact) mass is 624 g/mol. The number of carbonyl (C=O) groups is 2. The molecule has 2 atom stereocenters. The summed E-state index contributed by atoms with van der Waals surface area (Å²) in [4.78, 5) is 38.0. The molecule has 10 heteroatoms. The van der Waals surface area contributed by atoms with E-state index in [1.54, 1.807) is 37.4 Å². The first-order chi connectivity index (χ1) is 19.3. The van der Waals surface area contributed by atoms with E-state index in [4.69, 9.17) is 9.98 Å². The first-order valence-corrected chi connectivity index (χ1v) is 17.9. The Morgan fingerprint density at radius 2 is 1.00 bits per heavy atom. The predicted octanol–water partition coefficient (Wildman–Crippen LogP) is 6.30. The summed E-state index contributed by atoms with van der Waals surface area (Å²) in [6, 6.07) is 0.939. The largest absolute Gasteiger partial charge is 0.314 e. The summed E-state index contributed by atoms with van der Waals surface area (Å²) < 4.78 is 0. The number of carbonyl (C=O) groups excluding carboxylic acids is 2. The van der Waals surface area contributed by atoms with Crippen molar-refractivity contribution in [1.29, 1.82) is 0 Å². The zero-order valence-electron chi connectivity index (χ0n) is 28.6. The van der Waals surface area contributed by atoms with Crippen LogP contribution >= 0.6 is 23.5 Å². The number of hydrogen-bond acceptors (Lipinski definition) is 8. The van der Waals surface area contributed by atoms with Crippen LogP contribution in [-0.2, 0) is 9.59 Å². The van der Waals surface area contributed by atoms with E-state index >= 15 is 0 Å². The standard InChI is InChI=1S/C32H60N6O2S2/c1-23(17-21-41-27-29(5,6)37(25(3)39)31(9,10)35-27)33-19-15-13-14-16-20-34-24(2)18-22-42-28-30(7,8)38(26(4)40)32(11,12)36-28/h23-24,33-34H,13-22H2,1-12H3. The van der Waals surface area contributed by atoms with Crippen molar-refractivity contribution in [2.24, 2.45) is 9.98 Å². The van der Waals surface area contributed by atoms with Gasteiger partial charge in [-0.1, -0.05) is 12.8 Å². The smallest absolute Gasteiger partial charge is 0.222 e. The quantitative estimate of drug-likeness (QED) is 0.208. The van der Waals surface area contributed by atoms with Crippen LogP contribution in [0.5, 0.6) is 0 Å². The van der Waals surface area contributed by atoms with Gasteiger partial charge < -0.3 is 20.4 Å². The van der Waals surface area contributed by atoms with Crippen molar-refractivity contribution in [2.75, 3.05) is 24.6 Å². The average Bonchev–Trinajstić information content (AvgIpc) is 3.14. The Hall–Kier alpha value is -1.10. The van der Waals surface area contributed by atoms with E-state index in [0.29, 0.717) is 12.1 Å². The highest BCUT2D eigenvalue weighted by atomic mass is 32.2. The molecule has 2 rings (SSSR count). The van der Waals surface area contributed by atoms with Crippen molar-refractivity contribution in [3.63, 3.8) is 0 Å². The van der Waals surface area contributed by atoms with Crippen LogP contribution in [0, 0.1) is 0 Å². The number of nitrogens with one attached hydrogen (secondary N) is 2. The molecule has 0 saturated heterocycles. The van der Waals surface area contributed by atoms with Gasteiger partial charge in [0.1, 0.15) is 11.3 Å². The van der Waals surface area contributed by atoms with Crippen LogP contribution in [0.3, 0.4) is 0 Å². The zero-order chi connectivity index (χ0) is 31.9. The van der Waals surface area contributed by atoms with E-state index in [1.165, 1.54) is 25.7 Å². The molecule has 0 radical (unpaired) electrons. The number of aliphatic imine (C=N–C) groups is 2. The molecule has 0 aromatic carbocycles. The molecule has 242 valence electrons. The van der Waals surface area contributed by atoms with Crippen molar-refractivity contribution >= 4 is 45.4 Å². The van der Waals surface area contributed by atoms with Crippen molar-refractivity contribution in [3.05, 3.63) is 0 Å². The van der Waals surface area contributed by atoms with Crippen molar-refractivity contribution in [1.82, 2.24) is 20.4 Å². The third-order valence-corrected chi connectivity index (χ3v) is 10.9. The molecule has 0 aliphatic carbocycles. The summed E-state index contributed by atoms with van der Waals surface area (Å²) in [5.41, 5.74) is -1.65. The molecule has 2 aliphatic heterocycles. The Balaban J connectivity index is 1.52. The normalized spacial score (nSPS) is 21.7. The fourth-order valence-corrected chi connectivity index (χ4v) is 9.37. The van der Waals surface area contributed by atoms with Gasteiger partial charge in [-0.15, -0.1) is 23.5 Å². The Bertz CT molecular complexity index is 913. The van der Waals surface area contributed by atoms with E-state index < -0.39 is 11.3 Å². The minimum absolute atomic E-state index is 0.0757. The van der Waals surface area contributed by atoms with Crippen LogP contribution in [0.25, 0.3) is 0 Å². The highest BCUT2D eigenvalue weighted by Gasteiger charge is 2.49. The lowest BCUT2D eigenvalue weighted by Gasteiger charge is -2.39. The fraction of sp³-hybridized carbons (Fsp3) is 0.875. The minimum atomic E-state index is -0.477. The van der Waals surface area contributed by atoms with Crippen LogP contribution < -0.4 is 10.6 Å². The van der Waals surface area contributed by atoms with Gasteiger partial charge in [0.05, 0.1) is 21.2 Å². The van der Waals surface area contributed by atoms with E-state index in [-0.39, 0.29) is 22.9 Å². The van der Waals surface area contributed by atoms with Gasteiger partial charge in [0.25, 0.3) is 0 Å². The summed E-state index contributed by atoms with van der Waals surface area (Å²) in [5.74, 6) is 2.15. The molecule has 2 unspecified atom stereocenters. The Kier molecular flexibility index (Phi) is 13.5. The number of rotatable bonds is 15. The second-order valence-corrected chi connectivity index (χ2v) is 16.2. The molecule has 0 saturated carbocycles. The number of hydrogen-bond donors (Lipinski definition) is 2. The van der Waals surface area contributed by atoms with E-state index in [9.17, 15) is 9.59 Å². The van der Waals surface area contributed by atoms with Gasteiger partial charge in [0.15, 0.2) is 0 Å². The number of thioether (sulfide) groups is 2. The van der Waals surface area contributed by atoms with Crippen LogP contribution in [0.1, 0.15) is 122 Å². The van der Waals surface area contributed by atoms with Gasteiger partial charge in [-0.2, -0.15) is 0 Å². The van der Waals surface area contributed by atoms with Gasteiger partial charge in [-0.25, -0.2) is 0 Å². The molecule has 8 nitrogen and oxygen atoms in total. The van der Waals surface area contributed by atoms with Gasteiger partial charge in [0, 0.05) is 37.4 Å². The second kappa shape index (κ2) is 15.3. The van der Waals surface area contributed by atoms with Crippen LogP contribution in [0.4, 0.5) is 0 Å². The molecule has 2 amide bonds. The number of nitrogens with zero attached hydrogens (tertiary/aromatic N) is 4. The third kappa shape index (κ3) is 9.70. The van der Waals surface area contributed by atoms with Crippen molar-refractivity contribution in [3.8, 4) is 0 Å². The molecular formula is C32H60N6O2S2. The summed E-state index contributed by atoms with van der Waals surface area (Å²) in [6.07, 6.45) is 7.07. The average molecular weight is 625 g/mol. The molecule has 2 heterocycles. The topological polar surface area (TPSA) is 89.4 Å². The lowest BCUT2D eigenvalue weighted by Crippen LogP contribution is -2.54. The van der Waals surface area contributed by atoms with E-state index in [1.807, 2.05) is 37.5 Å². The summed E-state index contributed by atoms with van der Waals surface area (Å²) in [5, 5.41) is 9.49. The zero-order valence-corrected chi connectivity index (χ0v) is 30.3. The lowest BCUT2D eigenvalue weighted by atomic mass is 10.0. The first kappa shape index (κ1) is 37.1. The van der Waals surface area contributed by atoms with Gasteiger partial charge in [0.2, 0.25) is 11.8 Å². The minimum Gasteiger partial charge on any atom is -0.314 e. The fourth-order valence-electron chi connectivity index (χ4n) is 6.57. The highest BCUT2D eigenvalue weighted by molar-refractivity contribution is 8.14. The maximum absolute atomic E-state index is 12.2. The van der Waals surface area contributed by atoms with Crippen molar-refractivity contribution < 1.29 is 9.59 Å². The molecule has 0 spiro atoms. The van der Waals surface area contributed by atoms with E-state index in [0.717, 1.165) is 47.5 Å². The first-order valence-electron chi connectivity index (χ1n) is 15.9. The maximum atomic E-state index is 12.2. The Labute approximate surface area is 265 Å². The molecule has 0 fully saturated rings. The molecule has 2 aliphatic rings. The summed E-state index contributed by atoms with van der Waals surface area (Å²) in [6.45, 7) is 26.4. The van der Waals surface area contributed by atoms with Gasteiger partial charge in [-0.05, 0) is 108 Å². The number of unbranched alkanes of at least 4 members (excludes halogenated alkanes) is 3. The van der Waals surface area contributed by atoms with Crippen LogP contribution in [0.15, 0.2) is 9.98 Å². The maximum Gasteiger partial charge on any atom is 0.222 e. The van der Waals surface area contributed by atoms with Crippen molar-refractivity contribution in [2.45, 2.75) is 156 Å². The second-order valence-electron chi connectivity index (χ2n) is 14.0. The highest BCUT2D eigenvalue weighted by Crippen LogP contribution is 2.40. The van der Waals surface area contributed by atoms with E-state index in [2.05, 4.69) is 52.2 Å². The lowest BCUT2D eigenvalue weighted by molar-refractivity contribution is -0.137. The molecule has 0 aromatic heterocycles. The Morgan fingerprint density at radius 1 is 0.667 bits per heavy atom.